The van der Waals surface area contributed by atoms with E-state index in [1.807, 2.05) is 14.0 Å². The van der Waals surface area contributed by atoms with Gasteiger partial charge in [-0.2, -0.15) is 5.10 Å². The van der Waals surface area contributed by atoms with Crippen LogP contribution in [-0.2, 0) is 7.05 Å². The summed E-state index contributed by atoms with van der Waals surface area (Å²) >= 11 is 0. The highest BCUT2D eigenvalue weighted by molar-refractivity contribution is 5.65. The van der Waals surface area contributed by atoms with Crippen LogP contribution in [0.1, 0.15) is 38.3 Å². The maximum Gasteiger partial charge on any atom is 0.148 e. The van der Waals surface area contributed by atoms with Gasteiger partial charge in [-0.1, -0.05) is 6.92 Å². The first-order valence-corrected chi connectivity index (χ1v) is 6.65. The van der Waals surface area contributed by atoms with Gasteiger partial charge in [0, 0.05) is 7.05 Å². The molecule has 102 valence electrons. The van der Waals surface area contributed by atoms with Crippen molar-refractivity contribution in [3.05, 3.63) is 5.69 Å². The number of anilines is 2. The zero-order valence-electron chi connectivity index (χ0n) is 11.5. The van der Waals surface area contributed by atoms with E-state index in [1.165, 1.54) is 0 Å². The van der Waals surface area contributed by atoms with Crippen molar-refractivity contribution >= 4 is 11.5 Å². The Morgan fingerprint density at radius 3 is 2.56 bits per heavy atom. The maximum absolute atomic E-state index is 9.74. The summed E-state index contributed by atoms with van der Waals surface area (Å²) in [5, 5.41) is 17.5. The molecule has 0 aliphatic heterocycles. The van der Waals surface area contributed by atoms with Gasteiger partial charge in [-0.25, -0.2) is 0 Å². The Morgan fingerprint density at radius 2 is 2.11 bits per heavy atom. The van der Waals surface area contributed by atoms with E-state index in [0.29, 0.717) is 5.69 Å². The molecule has 2 rings (SSSR count). The van der Waals surface area contributed by atoms with E-state index < -0.39 is 0 Å². The van der Waals surface area contributed by atoms with Crippen LogP contribution in [-0.4, -0.2) is 27.0 Å². The Balaban J connectivity index is 2.20. The molecule has 4 N–H and O–H groups in total. The highest BCUT2D eigenvalue weighted by atomic mass is 16.3. The molecule has 1 fully saturated rings. The minimum atomic E-state index is -0.235. The Labute approximate surface area is 108 Å². The first-order chi connectivity index (χ1) is 8.47. The number of aryl methyl sites for hydroxylation is 2. The predicted molar refractivity (Wildman–Crippen MR) is 73.4 cm³/mol. The lowest BCUT2D eigenvalue weighted by Crippen LogP contribution is -2.45. The molecule has 18 heavy (non-hydrogen) atoms. The van der Waals surface area contributed by atoms with Crippen LogP contribution < -0.4 is 11.1 Å². The van der Waals surface area contributed by atoms with Crippen molar-refractivity contribution in [2.45, 2.75) is 45.1 Å². The lowest BCUT2D eigenvalue weighted by Gasteiger charge is -2.39. The summed E-state index contributed by atoms with van der Waals surface area (Å²) in [7, 11) is 1.88. The molecule has 1 aromatic rings. The van der Waals surface area contributed by atoms with Crippen LogP contribution in [0.15, 0.2) is 0 Å². The summed E-state index contributed by atoms with van der Waals surface area (Å²) < 4.78 is 1.76. The molecule has 0 atom stereocenters. The van der Waals surface area contributed by atoms with Gasteiger partial charge in [0.1, 0.15) is 5.82 Å². The van der Waals surface area contributed by atoms with Crippen molar-refractivity contribution in [1.29, 1.82) is 0 Å². The summed E-state index contributed by atoms with van der Waals surface area (Å²) in [6, 6.07) is 0. The summed E-state index contributed by atoms with van der Waals surface area (Å²) in [6.45, 7) is 4.31. The third-order valence-corrected chi connectivity index (χ3v) is 4.19. The van der Waals surface area contributed by atoms with E-state index in [-0.39, 0.29) is 12.1 Å². The van der Waals surface area contributed by atoms with Crippen LogP contribution in [0, 0.1) is 12.8 Å². The number of aromatic nitrogens is 2. The van der Waals surface area contributed by atoms with Crippen LogP contribution in [0.3, 0.4) is 0 Å². The van der Waals surface area contributed by atoms with Gasteiger partial charge < -0.3 is 16.2 Å². The van der Waals surface area contributed by atoms with Gasteiger partial charge in [0.25, 0.3) is 0 Å². The van der Waals surface area contributed by atoms with Gasteiger partial charge >= 0.3 is 0 Å². The zero-order chi connectivity index (χ0) is 13.3. The number of nitrogens with two attached hydrogens (primary N) is 1. The number of nitrogen functional groups attached to an aromatic ring is 1. The van der Waals surface area contributed by atoms with E-state index in [9.17, 15) is 5.11 Å². The van der Waals surface area contributed by atoms with Crippen LogP contribution in [0.5, 0.6) is 0 Å². The monoisotopic (exact) mass is 252 g/mol. The minimum absolute atomic E-state index is 0.142. The molecule has 5 heteroatoms. The first kappa shape index (κ1) is 13.2. The fraction of sp³-hybridized carbons (Fsp3) is 0.769. The van der Waals surface area contributed by atoms with E-state index in [0.717, 1.165) is 43.1 Å². The van der Waals surface area contributed by atoms with Crippen molar-refractivity contribution < 1.29 is 5.11 Å². The molecule has 1 aliphatic carbocycles. The topological polar surface area (TPSA) is 76.1 Å². The highest BCUT2D eigenvalue weighted by Gasteiger charge is 2.34. The molecule has 0 unspecified atom stereocenters. The zero-order valence-corrected chi connectivity index (χ0v) is 11.5. The number of rotatable bonds is 3. The number of nitrogens with zero attached hydrogens (tertiary/aromatic N) is 2. The van der Waals surface area contributed by atoms with Crippen molar-refractivity contribution in [2.75, 3.05) is 17.7 Å². The van der Waals surface area contributed by atoms with Gasteiger partial charge in [-0.3, -0.25) is 4.68 Å². The van der Waals surface area contributed by atoms with Gasteiger partial charge in [0.2, 0.25) is 0 Å². The molecule has 0 spiro atoms. The third-order valence-electron chi connectivity index (χ3n) is 4.19. The lowest BCUT2D eigenvalue weighted by atomic mass is 9.77. The maximum atomic E-state index is 9.74. The summed E-state index contributed by atoms with van der Waals surface area (Å²) in [4.78, 5) is 0. The number of aliphatic hydroxyl groups is 1. The fourth-order valence-electron chi connectivity index (χ4n) is 2.71. The van der Waals surface area contributed by atoms with Gasteiger partial charge in [0.05, 0.1) is 23.5 Å². The van der Waals surface area contributed by atoms with Gasteiger partial charge in [-0.15, -0.1) is 0 Å². The number of aliphatic hydroxyl groups excluding tert-OH is 1. The molecule has 5 nitrogen and oxygen atoms in total. The summed E-state index contributed by atoms with van der Waals surface area (Å²) in [5.41, 5.74) is 7.31. The summed E-state index contributed by atoms with van der Waals surface area (Å²) in [6.07, 6.45) is 4.25. The highest BCUT2D eigenvalue weighted by Crippen LogP contribution is 2.36. The standard InChI is InChI=1S/C13H24N4O/c1-9-4-6-13(8-18,7-5-9)15-12-11(14)10(2)16-17(12)3/h9,15,18H,4-8,14H2,1-3H3. The molecule has 1 heterocycles. The fourth-order valence-corrected chi connectivity index (χ4v) is 2.71. The second-order valence-corrected chi connectivity index (χ2v) is 5.72. The molecular formula is C13H24N4O. The molecule has 0 bridgehead atoms. The molecule has 0 aromatic carbocycles. The van der Waals surface area contributed by atoms with Crippen molar-refractivity contribution in [1.82, 2.24) is 9.78 Å². The number of hydrogen-bond acceptors (Lipinski definition) is 4. The minimum Gasteiger partial charge on any atom is -0.394 e. The van der Waals surface area contributed by atoms with Crippen LogP contribution in [0.4, 0.5) is 11.5 Å². The second-order valence-electron chi connectivity index (χ2n) is 5.72. The molecule has 1 aliphatic rings. The molecule has 0 amide bonds. The SMILES string of the molecule is Cc1nn(C)c(NC2(CO)CCC(C)CC2)c1N. The van der Waals surface area contributed by atoms with Crippen LogP contribution in [0.2, 0.25) is 0 Å². The summed E-state index contributed by atoms with van der Waals surface area (Å²) in [5.74, 6) is 1.58. The smallest absolute Gasteiger partial charge is 0.148 e. The van der Waals surface area contributed by atoms with Crippen molar-refractivity contribution in [3.8, 4) is 0 Å². The van der Waals surface area contributed by atoms with E-state index >= 15 is 0 Å². The van der Waals surface area contributed by atoms with E-state index in [4.69, 9.17) is 5.73 Å². The molecule has 1 aromatic heterocycles. The number of nitrogens with one attached hydrogen (secondary N) is 1. The Bertz CT molecular complexity index is 419. The average Bonchev–Trinajstić information content (AvgIpc) is 2.59. The third kappa shape index (κ3) is 2.32. The normalized spacial score (nSPS) is 28.3. The molecule has 0 radical (unpaired) electrons. The largest absolute Gasteiger partial charge is 0.394 e. The molecule has 1 saturated carbocycles. The van der Waals surface area contributed by atoms with E-state index in [2.05, 4.69) is 17.3 Å². The van der Waals surface area contributed by atoms with Crippen molar-refractivity contribution in [3.63, 3.8) is 0 Å². The number of hydrogen-bond donors (Lipinski definition) is 3. The molecular weight excluding hydrogens is 228 g/mol. The Morgan fingerprint density at radius 1 is 1.50 bits per heavy atom. The Kier molecular flexibility index (Phi) is 3.52. The average molecular weight is 252 g/mol. The first-order valence-electron chi connectivity index (χ1n) is 6.65. The van der Waals surface area contributed by atoms with Crippen LogP contribution >= 0.6 is 0 Å². The quantitative estimate of drug-likeness (QED) is 0.764. The van der Waals surface area contributed by atoms with Gasteiger partial charge in [-0.05, 0) is 38.5 Å². The van der Waals surface area contributed by atoms with Crippen LogP contribution in [0.25, 0.3) is 0 Å². The predicted octanol–water partition coefficient (Wildman–Crippen LogP) is 1.66. The van der Waals surface area contributed by atoms with Crippen molar-refractivity contribution in [2.24, 2.45) is 13.0 Å². The Hall–Kier alpha value is -1.23. The van der Waals surface area contributed by atoms with E-state index in [1.54, 1.807) is 4.68 Å². The lowest BCUT2D eigenvalue weighted by molar-refractivity contribution is 0.154. The molecule has 0 saturated heterocycles. The van der Waals surface area contributed by atoms with Gasteiger partial charge in [0.15, 0.2) is 0 Å². The second kappa shape index (κ2) is 4.80.